The first kappa shape index (κ1) is 37.3. The van der Waals surface area contributed by atoms with Crippen LogP contribution in [0, 0.1) is 11.7 Å². The van der Waals surface area contributed by atoms with Crippen molar-refractivity contribution in [3.8, 4) is 0 Å². The Labute approximate surface area is 297 Å². The first-order valence-corrected chi connectivity index (χ1v) is 17.1. The zero-order valence-electron chi connectivity index (χ0n) is 29.7. The van der Waals surface area contributed by atoms with Crippen molar-refractivity contribution in [2.75, 3.05) is 43.2 Å². The lowest BCUT2D eigenvalue weighted by atomic mass is 9.90. The van der Waals surface area contributed by atoms with Crippen molar-refractivity contribution in [1.29, 1.82) is 0 Å². The molecular weight excluding hydrogens is 655 g/mol. The van der Waals surface area contributed by atoms with Crippen LogP contribution in [0.5, 0.6) is 0 Å². The van der Waals surface area contributed by atoms with E-state index >= 15 is 4.39 Å². The van der Waals surface area contributed by atoms with Crippen LogP contribution in [0.4, 0.5) is 26.2 Å². The molecule has 13 heteroatoms. The predicted octanol–water partition coefficient (Wildman–Crippen LogP) is 5.32. The molecule has 0 aromatic heterocycles. The van der Waals surface area contributed by atoms with Crippen molar-refractivity contribution in [3.05, 3.63) is 89.2 Å². The molecule has 4 amide bonds. The summed E-state index contributed by atoms with van der Waals surface area (Å²) in [6, 6.07) is 15.9. The fourth-order valence-corrected chi connectivity index (χ4v) is 6.32. The van der Waals surface area contributed by atoms with Crippen LogP contribution >= 0.6 is 0 Å². The van der Waals surface area contributed by atoms with E-state index in [-0.39, 0.29) is 23.1 Å². The van der Waals surface area contributed by atoms with Crippen molar-refractivity contribution in [2.45, 2.75) is 70.8 Å². The maximum atomic E-state index is 15.2. The van der Waals surface area contributed by atoms with E-state index in [4.69, 9.17) is 15.2 Å². The highest BCUT2D eigenvalue weighted by Gasteiger charge is 2.39. The van der Waals surface area contributed by atoms with Crippen LogP contribution in [0.15, 0.2) is 66.7 Å². The fraction of sp³-hybridized carbons (Fsp3) is 0.421. The molecule has 0 radical (unpaired) electrons. The third kappa shape index (κ3) is 9.41. The quantitative estimate of drug-likeness (QED) is 0.207. The summed E-state index contributed by atoms with van der Waals surface area (Å²) in [6.45, 7) is 8.72. The molecule has 0 saturated carbocycles. The maximum absolute atomic E-state index is 15.2. The average Bonchev–Trinajstić information content (AvgIpc) is 3.46. The van der Waals surface area contributed by atoms with Gasteiger partial charge in [0.25, 0.3) is 5.91 Å². The summed E-state index contributed by atoms with van der Waals surface area (Å²) < 4.78 is 26.2. The van der Waals surface area contributed by atoms with Crippen LogP contribution in [0.25, 0.3) is 0 Å². The van der Waals surface area contributed by atoms with Gasteiger partial charge in [-0.25, -0.2) is 9.18 Å². The number of halogens is 1. The molecule has 2 heterocycles. The van der Waals surface area contributed by atoms with E-state index in [1.54, 1.807) is 52.0 Å². The minimum Gasteiger partial charge on any atom is -0.444 e. The van der Waals surface area contributed by atoms with Crippen molar-refractivity contribution < 1.29 is 33.0 Å². The molecule has 12 nitrogen and oxygen atoms in total. The Balaban J connectivity index is 1.35. The normalized spacial score (nSPS) is 17.5. The van der Waals surface area contributed by atoms with Gasteiger partial charge in [0.2, 0.25) is 11.8 Å². The molecule has 1 saturated heterocycles. The van der Waals surface area contributed by atoms with Crippen LogP contribution in [-0.4, -0.2) is 78.1 Å². The Hall–Kier alpha value is -5.01. The van der Waals surface area contributed by atoms with Crippen molar-refractivity contribution in [1.82, 2.24) is 15.1 Å². The predicted molar refractivity (Wildman–Crippen MR) is 192 cm³/mol. The van der Waals surface area contributed by atoms with Gasteiger partial charge in [-0.2, -0.15) is 0 Å². The largest absolute Gasteiger partial charge is 0.444 e. The summed E-state index contributed by atoms with van der Waals surface area (Å²) in [5, 5.41) is 8.65. The number of amides is 4. The summed E-state index contributed by atoms with van der Waals surface area (Å²) in [5.74, 6) is -1.97. The van der Waals surface area contributed by atoms with Crippen molar-refractivity contribution in [3.63, 3.8) is 0 Å². The first-order valence-electron chi connectivity index (χ1n) is 17.1. The molecule has 5 N–H and O–H groups in total. The van der Waals surface area contributed by atoms with Crippen LogP contribution < -0.4 is 21.7 Å². The lowest BCUT2D eigenvalue weighted by molar-refractivity contribution is -0.127. The van der Waals surface area contributed by atoms with E-state index in [0.29, 0.717) is 50.5 Å². The lowest BCUT2D eigenvalue weighted by Gasteiger charge is -2.36. The monoisotopic (exact) mass is 702 g/mol. The Kier molecular flexibility index (Phi) is 11.6. The average molecular weight is 703 g/mol. The second kappa shape index (κ2) is 15.9. The SMILES string of the molecule is C[C@@H](C(=O)N[C@H](CN1Cc2ccccc2[C@H]1C(=O)Nc1cc(C(=O)Nc2ccc(N)cc2)ccc1F)C1CCOCC1)N(C)C(=O)OC(C)(C)C. The molecule has 3 atom stereocenters. The number of nitrogens with two attached hydrogens (primary N) is 1. The zero-order chi connectivity index (χ0) is 36.9. The third-order valence-electron chi connectivity index (χ3n) is 9.23. The number of hydrogen-bond acceptors (Lipinski definition) is 8. The molecule has 2 aliphatic heterocycles. The number of likely N-dealkylation sites (N-methyl/N-ethyl adjacent to an activating group) is 1. The van der Waals surface area contributed by atoms with E-state index in [2.05, 4.69) is 16.0 Å². The highest BCUT2D eigenvalue weighted by atomic mass is 19.1. The summed E-state index contributed by atoms with van der Waals surface area (Å²) in [6.07, 6.45) is 0.795. The van der Waals surface area contributed by atoms with Gasteiger partial charge < -0.3 is 31.2 Å². The van der Waals surface area contributed by atoms with E-state index < -0.39 is 47.5 Å². The van der Waals surface area contributed by atoms with Crippen molar-refractivity contribution >= 4 is 40.9 Å². The highest BCUT2D eigenvalue weighted by molar-refractivity contribution is 6.05. The number of fused-ring (bicyclic) bond motifs is 1. The van der Waals surface area contributed by atoms with Gasteiger partial charge in [-0.05, 0) is 100 Å². The maximum Gasteiger partial charge on any atom is 0.410 e. The number of nitrogens with one attached hydrogen (secondary N) is 3. The van der Waals surface area contributed by atoms with E-state index in [1.807, 2.05) is 29.2 Å². The standard InChI is InChI=1S/C38H47FN6O6/c1-23(44(5)37(49)51-38(2,3)4)34(46)43-32(24-16-18-50-19-17-24)22-45-21-26-8-6-7-9-29(26)33(45)36(48)42-31-20-25(10-15-30(31)39)35(47)41-28-13-11-27(40)12-14-28/h6-15,20,23-24,32-33H,16-19,21-22,40H2,1-5H3,(H,41,47)(H,42,48)(H,43,46)/t23-,32+,33-/m0/s1. The van der Waals surface area contributed by atoms with Crippen LogP contribution in [0.3, 0.4) is 0 Å². The Morgan fingerprint density at radius 2 is 1.71 bits per heavy atom. The molecule has 0 unspecified atom stereocenters. The summed E-state index contributed by atoms with van der Waals surface area (Å²) in [5.41, 5.74) is 7.79. The molecule has 3 aromatic carbocycles. The number of carbonyl (C=O) groups excluding carboxylic acids is 4. The second-order valence-electron chi connectivity index (χ2n) is 14.1. The van der Waals surface area contributed by atoms with Gasteiger partial charge in [-0.3, -0.25) is 24.2 Å². The minimum atomic E-state index is -0.829. The summed E-state index contributed by atoms with van der Waals surface area (Å²) in [4.78, 5) is 56.7. The number of benzene rings is 3. The third-order valence-corrected chi connectivity index (χ3v) is 9.23. The molecule has 51 heavy (non-hydrogen) atoms. The lowest BCUT2D eigenvalue weighted by Crippen LogP contribution is -2.55. The molecule has 0 aliphatic carbocycles. The number of ether oxygens (including phenoxy) is 2. The Bertz CT molecular complexity index is 1740. The van der Waals surface area contributed by atoms with Gasteiger partial charge in [-0.15, -0.1) is 0 Å². The number of hydrogen-bond donors (Lipinski definition) is 4. The Morgan fingerprint density at radius 1 is 1.02 bits per heavy atom. The van der Waals surface area contributed by atoms with Gasteiger partial charge >= 0.3 is 6.09 Å². The molecule has 3 aromatic rings. The zero-order valence-corrected chi connectivity index (χ0v) is 29.7. The summed E-state index contributed by atoms with van der Waals surface area (Å²) in [7, 11) is 1.52. The van der Waals surface area contributed by atoms with Gasteiger partial charge in [0.05, 0.1) is 5.69 Å². The van der Waals surface area contributed by atoms with Gasteiger partial charge in [0.1, 0.15) is 23.5 Å². The van der Waals surface area contributed by atoms with Gasteiger partial charge in [0, 0.05) is 56.3 Å². The number of anilines is 3. The van der Waals surface area contributed by atoms with Crippen LogP contribution in [0.2, 0.25) is 0 Å². The molecular formula is C38H47FN6O6. The smallest absolute Gasteiger partial charge is 0.410 e. The fourth-order valence-electron chi connectivity index (χ4n) is 6.32. The second-order valence-corrected chi connectivity index (χ2v) is 14.1. The van der Waals surface area contributed by atoms with Crippen molar-refractivity contribution in [2.24, 2.45) is 5.92 Å². The number of nitrogen functional groups attached to an aromatic ring is 1. The number of rotatable bonds is 10. The molecule has 2 aliphatic rings. The summed E-state index contributed by atoms with van der Waals surface area (Å²) >= 11 is 0. The molecule has 0 spiro atoms. The number of nitrogens with zero attached hydrogens (tertiary/aromatic N) is 2. The Morgan fingerprint density at radius 3 is 2.39 bits per heavy atom. The topological polar surface area (TPSA) is 155 Å². The molecule has 5 rings (SSSR count). The number of carbonyl (C=O) groups is 4. The van der Waals surface area contributed by atoms with Gasteiger partial charge in [-0.1, -0.05) is 24.3 Å². The highest BCUT2D eigenvalue weighted by Crippen LogP contribution is 2.36. The molecule has 1 fully saturated rings. The minimum absolute atomic E-state index is 0.0443. The first-order chi connectivity index (χ1) is 24.2. The van der Waals surface area contributed by atoms with Crippen LogP contribution in [0.1, 0.15) is 68.1 Å². The van der Waals surface area contributed by atoms with Gasteiger partial charge in [0.15, 0.2) is 0 Å². The van der Waals surface area contributed by atoms with E-state index in [1.165, 1.54) is 24.1 Å². The van der Waals surface area contributed by atoms with E-state index in [9.17, 15) is 19.2 Å². The van der Waals surface area contributed by atoms with E-state index in [0.717, 1.165) is 17.2 Å². The molecule has 272 valence electrons. The van der Waals surface area contributed by atoms with Crippen LogP contribution in [-0.2, 0) is 25.6 Å². The molecule has 0 bridgehead atoms.